The molecular weight excluding hydrogens is 528 g/mol. The molecule has 2 aliphatic rings. The van der Waals surface area contributed by atoms with Gasteiger partial charge >= 0.3 is 6.03 Å². The van der Waals surface area contributed by atoms with Crippen molar-refractivity contribution in [1.82, 2.24) is 34.2 Å². The summed E-state index contributed by atoms with van der Waals surface area (Å²) >= 11 is 0. The summed E-state index contributed by atoms with van der Waals surface area (Å²) in [7, 11) is 2.98. The largest absolute Gasteiger partial charge is 0.495 e. The number of aryl methyl sites for hydroxylation is 1. The van der Waals surface area contributed by atoms with E-state index >= 15 is 0 Å². The maximum Gasteiger partial charge on any atom is 0.331 e. The lowest BCUT2D eigenvalue weighted by Crippen LogP contribution is -2.30. The average molecular weight is 557 g/mol. The molecule has 2 N–H and O–H groups in total. The minimum Gasteiger partial charge on any atom is -0.495 e. The molecular formula is C27H28N10O4. The van der Waals surface area contributed by atoms with Gasteiger partial charge in [0.15, 0.2) is 5.65 Å². The number of aromatic nitrogens is 6. The van der Waals surface area contributed by atoms with Crippen LogP contribution in [0.2, 0.25) is 0 Å². The molecule has 4 amide bonds. The van der Waals surface area contributed by atoms with E-state index in [-0.39, 0.29) is 36.2 Å². The summed E-state index contributed by atoms with van der Waals surface area (Å²) in [5.74, 6) is 1.42. The molecule has 5 heterocycles. The number of amides is 4. The molecule has 2 fully saturated rings. The number of carbonyl (C=O) groups excluding carboxylic acids is 3. The molecule has 0 bridgehead atoms. The number of ether oxygens (including phenoxy) is 1. The highest BCUT2D eigenvalue weighted by atomic mass is 16.5. The van der Waals surface area contributed by atoms with Gasteiger partial charge in [0.2, 0.25) is 11.8 Å². The third kappa shape index (κ3) is 4.99. The quantitative estimate of drug-likeness (QED) is 0.309. The van der Waals surface area contributed by atoms with Gasteiger partial charge in [-0.15, -0.1) is 0 Å². The Balaban J connectivity index is 1.17. The Bertz CT molecular complexity index is 1690. The maximum absolute atomic E-state index is 12.8. The molecule has 41 heavy (non-hydrogen) atoms. The number of nitrogens with one attached hydrogen (secondary N) is 2. The van der Waals surface area contributed by atoms with Crippen molar-refractivity contribution in [3.05, 3.63) is 60.3 Å². The molecule has 14 heteroatoms. The van der Waals surface area contributed by atoms with Crippen LogP contribution in [0.1, 0.15) is 42.5 Å². The van der Waals surface area contributed by atoms with Crippen molar-refractivity contribution < 1.29 is 19.1 Å². The van der Waals surface area contributed by atoms with Crippen molar-refractivity contribution >= 4 is 40.8 Å². The van der Waals surface area contributed by atoms with E-state index in [2.05, 4.69) is 30.6 Å². The average Bonchev–Trinajstić information content (AvgIpc) is 3.58. The van der Waals surface area contributed by atoms with Gasteiger partial charge < -0.3 is 19.8 Å². The fourth-order valence-electron chi connectivity index (χ4n) is 4.81. The van der Waals surface area contributed by atoms with Crippen molar-refractivity contribution in [2.45, 2.75) is 32.2 Å². The van der Waals surface area contributed by atoms with Crippen molar-refractivity contribution in [3.63, 3.8) is 0 Å². The highest BCUT2D eigenvalue weighted by molar-refractivity contribution is 6.13. The summed E-state index contributed by atoms with van der Waals surface area (Å²) in [6.45, 7) is 3.73. The number of methoxy groups -OCH3 is 1. The fourth-order valence-corrected chi connectivity index (χ4v) is 4.81. The minimum absolute atomic E-state index is 0.00212. The monoisotopic (exact) mass is 556 g/mol. The SMILES string of the molecule is COc1cc(N2CC(=O)N(C)C2=O)c2nc([C@@H](C)Nc3cc(NC(=O)C4CC4c4nccc(C)n4)ncn3)cn2c1. The summed E-state index contributed by atoms with van der Waals surface area (Å²) in [4.78, 5) is 62.1. The lowest BCUT2D eigenvalue weighted by Gasteiger charge is -2.16. The van der Waals surface area contributed by atoms with Crippen LogP contribution in [0, 0.1) is 12.8 Å². The number of rotatable bonds is 8. The zero-order chi connectivity index (χ0) is 28.8. The molecule has 0 aromatic carbocycles. The lowest BCUT2D eigenvalue weighted by molar-refractivity contribution is -0.124. The standard InChI is InChI=1S/C27H28N10O4/c1-14-5-6-28-24(31-14)17-8-18(17)26(39)34-22-9-21(29-13-30-22)32-15(2)19-11-36-10-16(41-4)7-20(25(36)33-19)37-12-23(38)35(3)27(37)40/h5-7,9-11,13,15,17-18H,8,12H2,1-4H3,(H2,29,30,32,34,39)/t15-,17?,18?/m1/s1. The Morgan fingerprint density at radius 2 is 1.93 bits per heavy atom. The van der Waals surface area contributed by atoms with Gasteiger partial charge in [-0.25, -0.2) is 29.7 Å². The van der Waals surface area contributed by atoms with Gasteiger partial charge in [0.1, 0.15) is 36.1 Å². The van der Waals surface area contributed by atoms with Crippen LogP contribution in [-0.4, -0.2) is 72.8 Å². The molecule has 0 radical (unpaired) electrons. The van der Waals surface area contributed by atoms with E-state index in [4.69, 9.17) is 9.72 Å². The third-order valence-electron chi connectivity index (χ3n) is 7.24. The lowest BCUT2D eigenvalue weighted by atomic mass is 10.2. The highest BCUT2D eigenvalue weighted by Crippen LogP contribution is 2.46. The van der Waals surface area contributed by atoms with E-state index in [9.17, 15) is 14.4 Å². The summed E-state index contributed by atoms with van der Waals surface area (Å²) in [5, 5.41) is 6.15. The van der Waals surface area contributed by atoms with Gasteiger partial charge in [0.05, 0.1) is 30.7 Å². The molecule has 2 unspecified atom stereocenters. The molecule has 0 spiro atoms. The Labute approximate surface area is 234 Å². The summed E-state index contributed by atoms with van der Waals surface area (Å²) in [6, 6.07) is 4.43. The molecule has 4 aromatic heterocycles. The first kappa shape index (κ1) is 26.1. The van der Waals surface area contributed by atoms with Crippen LogP contribution in [0.3, 0.4) is 0 Å². The van der Waals surface area contributed by atoms with E-state index in [1.165, 1.54) is 25.4 Å². The number of carbonyl (C=O) groups is 3. The number of likely N-dealkylation sites (N-methyl/N-ethyl adjacent to an activating group) is 1. The van der Waals surface area contributed by atoms with Crippen molar-refractivity contribution in [1.29, 1.82) is 0 Å². The number of urea groups is 1. The zero-order valence-electron chi connectivity index (χ0n) is 22.9. The molecule has 6 rings (SSSR count). The summed E-state index contributed by atoms with van der Waals surface area (Å²) < 4.78 is 7.18. The fraction of sp³-hybridized carbons (Fsp3) is 0.333. The van der Waals surface area contributed by atoms with E-state index in [0.717, 1.165) is 10.6 Å². The molecule has 14 nitrogen and oxygen atoms in total. The van der Waals surface area contributed by atoms with Crippen LogP contribution >= 0.6 is 0 Å². The number of anilines is 3. The molecule has 210 valence electrons. The Kier molecular flexibility index (Phi) is 6.44. The van der Waals surface area contributed by atoms with Crippen LogP contribution in [0.25, 0.3) is 5.65 Å². The van der Waals surface area contributed by atoms with Crippen LogP contribution < -0.4 is 20.3 Å². The van der Waals surface area contributed by atoms with E-state index in [1.807, 2.05) is 26.1 Å². The Morgan fingerprint density at radius 1 is 1.12 bits per heavy atom. The Morgan fingerprint density at radius 3 is 2.66 bits per heavy atom. The zero-order valence-corrected chi connectivity index (χ0v) is 22.9. The van der Waals surface area contributed by atoms with Crippen LogP contribution in [-0.2, 0) is 9.59 Å². The molecule has 1 aliphatic heterocycles. The minimum atomic E-state index is -0.430. The predicted octanol–water partition coefficient (Wildman–Crippen LogP) is 2.55. The van der Waals surface area contributed by atoms with E-state index in [0.29, 0.717) is 46.7 Å². The second kappa shape index (κ2) is 10.1. The van der Waals surface area contributed by atoms with Gasteiger partial charge in [-0.2, -0.15) is 0 Å². The second-order valence-electron chi connectivity index (χ2n) is 10.1. The number of imide groups is 1. The third-order valence-corrected chi connectivity index (χ3v) is 7.24. The van der Waals surface area contributed by atoms with E-state index in [1.54, 1.807) is 28.9 Å². The van der Waals surface area contributed by atoms with Gasteiger partial charge in [-0.05, 0) is 26.3 Å². The highest BCUT2D eigenvalue weighted by Gasteiger charge is 2.46. The number of imidazole rings is 1. The second-order valence-corrected chi connectivity index (χ2v) is 10.1. The number of hydrogen-bond donors (Lipinski definition) is 2. The number of fused-ring (bicyclic) bond motifs is 1. The predicted molar refractivity (Wildman–Crippen MR) is 148 cm³/mol. The van der Waals surface area contributed by atoms with Gasteiger partial charge in [-0.3, -0.25) is 19.4 Å². The summed E-state index contributed by atoms with van der Waals surface area (Å²) in [5.41, 5.74) is 2.49. The maximum atomic E-state index is 12.8. The molecule has 1 saturated heterocycles. The first-order chi connectivity index (χ1) is 19.7. The summed E-state index contributed by atoms with van der Waals surface area (Å²) in [6.07, 6.45) is 7.34. The van der Waals surface area contributed by atoms with Crippen LogP contribution in [0.4, 0.5) is 22.1 Å². The van der Waals surface area contributed by atoms with Crippen LogP contribution in [0.15, 0.2) is 43.1 Å². The van der Waals surface area contributed by atoms with Gasteiger partial charge in [-0.1, -0.05) is 0 Å². The number of hydrogen-bond acceptors (Lipinski definition) is 10. The van der Waals surface area contributed by atoms with E-state index < -0.39 is 6.03 Å². The number of nitrogens with zero attached hydrogens (tertiary/aromatic N) is 8. The van der Waals surface area contributed by atoms with Crippen molar-refractivity contribution in [3.8, 4) is 5.75 Å². The van der Waals surface area contributed by atoms with Gasteiger partial charge in [0.25, 0.3) is 0 Å². The smallest absolute Gasteiger partial charge is 0.331 e. The van der Waals surface area contributed by atoms with Crippen molar-refractivity contribution in [2.75, 3.05) is 36.2 Å². The normalized spacial score (nSPS) is 19.0. The Hall–Kier alpha value is -5.14. The molecule has 3 atom stereocenters. The molecule has 1 saturated carbocycles. The van der Waals surface area contributed by atoms with Gasteiger partial charge in [0, 0.05) is 49.1 Å². The molecule has 4 aromatic rings. The topological polar surface area (TPSA) is 160 Å². The first-order valence-electron chi connectivity index (χ1n) is 13.1. The number of pyridine rings is 1. The van der Waals surface area contributed by atoms with Crippen molar-refractivity contribution in [2.24, 2.45) is 5.92 Å². The first-order valence-corrected chi connectivity index (χ1v) is 13.1. The van der Waals surface area contributed by atoms with Crippen LogP contribution in [0.5, 0.6) is 5.75 Å². The molecule has 1 aliphatic carbocycles.